The Labute approximate surface area is 94.3 Å². The van der Waals surface area contributed by atoms with E-state index in [1.807, 2.05) is 30.3 Å². The Balaban J connectivity index is 1.94. The van der Waals surface area contributed by atoms with Crippen LogP contribution in [-0.4, -0.2) is 25.3 Å². The lowest BCUT2D eigenvalue weighted by Gasteiger charge is -2.15. The lowest BCUT2D eigenvalue weighted by molar-refractivity contribution is -0.150. The second-order valence-corrected chi connectivity index (χ2v) is 3.81. The van der Waals surface area contributed by atoms with Crippen LogP contribution in [0.15, 0.2) is 30.3 Å². The van der Waals surface area contributed by atoms with Gasteiger partial charge in [-0.2, -0.15) is 0 Å². The number of esters is 1. The minimum atomic E-state index is -0.707. The molecule has 1 unspecified atom stereocenters. The maximum atomic E-state index is 11.7. The zero-order chi connectivity index (χ0) is 11.4. The molecule has 1 fully saturated rings. The summed E-state index contributed by atoms with van der Waals surface area (Å²) in [6.45, 7) is 1.13. The first-order valence-electron chi connectivity index (χ1n) is 5.36. The Bertz CT molecular complexity index is 347. The molecule has 4 heteroatoms. The minimum absolute atomic E-state index is 0.137. The summed E-state index contributed by atoms with van der Waals surface area (Å²) in [7, 11) is 0. The van der Waals surface area contributed by atoms with Crippen molar-refractivity contribution in [1.29, 1.82) is 0 Å². The molecule has 1 aromatic rings. The molecular formula is C12H15NO3. The van der Waals surface area contributed by atoms with Gasteiger partial charge in [-0.25, -0.2) is 4.79 Å². The standard InChI is InChI=1S/C12H15NO3/c13-11(9-4-2-1-3-5-9)12(14)16-10-6-7-15-8-10/h1-5,10-11H,6-8,13H2/t10?,11-/m0/s1. The molecular weight excluding hydrogens is 206 g/mol. The van der Waals surface area contributed by atoms with Gasteiger partial charge in [0, 0.05) is 6.42 Å². The first-order chi connectivity index (χ1) is 7.77. The SMILES string of the molecule is N[C@H](C(=O)OC1CCOC1)c1ccccc1. The van der Waals surface area contributed by atoms with Gasteiger partial charge in [0.1, 0.15) is 12.1 Å². The maximum Gasteiger partial charge on any atom is 0.327 e. The molecule has 4 nitrogen and oxygen atoms in total. The number of carbonyl (C=O) groups is 1. The average molecular weight is 221 g/mol. The third-order valence-corrected chi connectivity index (χ3v) is 2.58. The molecule has 86 valence electrons. The highest BCUT2D eigenvalue weighted by molar-refractivity contribution is 5.77. The summed E-state index contributed by atoms with van der Waals surface area (Å²) in [6.07, 6.45) is 0.620. The van der Waals surface area contributed by atoms with Gasteiger partial charge in [-0.3, -0.25) is 0 Å². The van der Waals surface area contributed by atoms with E-state index in [1.165, 1.54) is 0 Å². The Morgan fingerprint density at radius 2 is 2.19 bits per heavy atom. The number of ether oxygens (including phenoxy) is 2. The van der Waals surface area contributed by atoms with Crippen LogP contribution in [0, 0.1) is 0 Å². The van der Waals surface area contributed by atoms with Gasteiger partial charge >= 0.3 is 5.97 Å². The number of nitrogens with two attached hydrogens (primary N) is 1. The number of carbonyl (C=O) groups excluding carboxylic acids is 1. The molecule has 2 atom stereocenters. The summed E-state index contributed by atoms with van der Waals surface area (Å²) >= 11 is 0. The molecule has 1 aliphatic rings. The largest absolute Gasteiger partial charge is 0.458 e. The predicted molar refractivity (Wildman–Crippen MR) is 58.7 cm³/mol. The van der Waals surface area contributed by atoms with Crippen LogP contribution < -0.4 is 5.73 Å². The quantitative estimate of drug-likeness (QED) is 0.774. The molecule has 2 N–H and O–H groups in total. The molecule has 1 aromatic carbocycles. The van der Waals surface area contributed by atoms with Gasteiger partial charge in [0.25, 0.3) is 0 Å². The predicted octanol–water partition coefficient (Wildman–Crippen LogP) is 1.02. The minimum Gasteiger partial charge on any atom is -0.458 e. The van der Waals surface area contributed by atoms with Gasteiger partial charge in [-0.15, -0.1) is 0 Å². The summed E-state index contributed by atoms with van der Waals surface area (Å²) in [5.41, 5.74) is 6.57. The Morgan fingerprint density at radius 1 is 1.44 bits per heavy atom. The van der Waals surface area contributed by atoms with Crippen LogP contribution >= 0.6 is 0 Å². The first kappa shape index (κ1) is 11.1. The highest BCUT2D eigenvalue weighted by Gasteiger charge is 2.24. The van der Waals surface area contributed by atoms with Gasteiger partial charge in [0.2, 0.25) is 0 Å². The van der Waals surface area contributed by atoms with Crippen LogP contribution in [0.1, 0.15) is 18.0 Å². The van der Waals surface area contributed by atoms with E-state index in [4.69, 9.17) is 15.2 Å². The summed E-state index contributed by atoms with van der Waals surface area (Å²) in [5, 5.41) is 0. The van der Waals surface area contributed by atoms with E-state index in [9.17, 15) is 4.79 Å². The summed E-state index contributed by atoms with van der Waals surface area (Å²) in [6, 6.07) is 8.50. The van der Waals surface area contributed by atoms with Crippen LogP contribution in [0.25, 0.3) is 0 Å². The van der Waals surface area contributed by atoms with Crippen LogP contribution in [0.5, 0.6) is 0 Å². The number of hydrogen-bond acceptors (Lipinski definition) is 4. The van der Waals surface area contributed by atoms with E-state index in [1.54, 1.807) is 0 Å². The molecule has 2 rings (SSSR count). The highest BCUT2D eigenvalue weighted by Crippen LogP contribution is 2.15. The Morgan fingerprint density at radius 3 is 2.81 bits per heavy atom. The summed E-state index contributed by atoms with van der Waals surface area (Å²) < 4.78 is 10.4. The van der Waals surface area contributed by atoms with Crippen molar-refractivity contribution >= 4 is 5.97 Å². The molecule has 0 amide bonds. The fourth-order valence-corrected chi connectivity index (χ4v) is 1.64. The van der Waals surface area contributed by atoms with Crippen LogP contribution in [-0.2, 0) is 14.3 Å². The van der Waals surface area contributed by atoms with E-state index >= 15 is 0 Å². The molecule has 1 saturated heterocycles. The van der Waals surface area contributed by atoms with Crippen molar-refractivity contribution in [2.24, 2.45) is 5.73 Å². The van der Waals surface area contributed by atoms with Crippen molar-refractivity contribution in [3.05, 3.63) is 35.9 Å². The van der Waals surface area contributed by atoms with E-state index in [0.717, 1.165) is 12.0 Å². The smallest absolute Gasteiger partial charge is 0.327 e. The van der Waals surface area contributed by atoms with Crippen molar-refractivity contribution in [1.82, 2.24) is 0 Å². The van der Waals surface area contributed by atoms with Crippen LogP contribution in [0.4, 0.5) is 0 Å². The molecule has 0 aromatic heterocycles. The summed E-state index contributed by atoms with van der Waals surface area (Å²) in [4.78, 5) is 11.7. The number of benzene rings is 1. The highest BCUT2D eigenvalue weighted by atomic mass is 16.6. The van der Waals surface area contributed by atoms with E-state index in [-0.39, 0.29) is 12.1 Å². The van der Waals surface area contributed by atoms with Crippen molar-refractivity contribution in [2.45, 2.75) is 18.6 Å². The fourth-order valence-electron chi connectivity index (χ4n) is 1.64. The first-order valence-corrected chi connectivity index (χ1v) is 5.36. The average Bonchev–Trinajstić information content (AvgIpc) is 2.82. The van der Waals surface area contributed by atoms with E-state index in [0.29, 0.717) is 13.2 Å². The lowest BCUT2D eigenvalue weighted by Crippen LogP contribution is -2.28. The molecule has 1 aliphatic heterocycles. The van der Waals surface area contributed by atoms with Gasteiger partial charge in [-0.1, -0.05) is 30.3 Å². The monoisotopic (exact) mass is 221 g/mol. The van der Waals surface area contributed by atoms with Gasteiger partial charge < -0.3 is 15.2 Å². The topological polar surface area (TPSA) is 61.6 Å². The molecule has 1 heterocycles. The van der Waals surface area contributed by atoms with Gasteiger partial charge in [0.15, 0.2) is 0 Å². The zero-order valence-corrected chi connectivity index (χ0v) is 8.96. The van der Waals surface area contributed by atoms with Crippen molar-refractivity contribution in [3.8, 4) is 0 Å². The second-order valence-electron chi connectivity index (χ2n) is 3.81. The zero-order valence-electron chi connectivity index (χ0n) is 8.96. The number of hydrogen-bond donors (Lipinski definition) is 1. The van der Waals surface area contributed by atoms with E-state index < -0.39 is 6.04 Å². The summed E-state index contributed by atoms with van der Waals surface area (Å²) in [5.74, 6) is -0.387. The third kappa shape index (κ3) is 2.59. The molecule has 0 aliphatic carbocycles. The molecule has 0 bridgehead atoms. The van der Waals surface area contributed by atoms with Gasteiger partial charge in [-0.05, 0) is 5.56 Å². The van der Waals surface area contributed by atoms with Crippen molar-refractivity contribution in [2.75, 3.05) is 13.2 Å². The Kier molecular flexibility index (Phi) is 3.54. The van der Waals surface area contributed by atoms with Crippen LogP contribution in [0.3, 0.4) is 0 Å². The number of rotatable bonds is 3. The molecule has 0 spiro atoms. The lowest BCUT2D eigenvalue weighted by atomic mass is 10.1. The fraction of sp³-hybridized carbons (Fsp3) is 0.417. The normalized spacial score (nSPS) is 21.7. The Hall–Kier alpha value is -1.39. The molecule has 16 heavy (non-hydrogen) atoms. The third-order valence-electron chi connectivity index (χ3n) is 2.58. The maximum absolute atomic E-state index is 11.7. The van der Waals surface area contributed by atoms with Gasteiger partial charge in [0.05, 0.1) is 13.2 Å². The molecule has 0 saturated carbocycles. The van der Waals surface area contributed by atoms with Crippen LogP contribution in [0.2, 0.25) is 0 Å². The van der Waals surface area contributed by atoms with Crippen molar-refractivity contribution < 1.29 is 14.3 Å². The van der Waals surface area contributed by atoms with Crippen molar-refractivity contribution in [3.63, 3.8) is 0 Å². The second kappa shape index (κ2) is 5.09. The molecule has 0 radical (unpaired) electrons. The van der Waals surface area contributed by atoms with E-state index in [2.05, 4.69) is 0 Å².